The van der Waals surface area contributed by atoms with Crippen LogP contribution in [0.3, 0.4) is 0 Å². The molecule has 0 spiro atoms. The molecule has 45 heavy (non-hydrogen) atoms. The second-order valence-corrected chi connectivity index (χ2v) is 16.2. The maximum absolute atomic E-state index is 13.8. The van der Waals surface area contributed by atoms with Gasteiger partial charge < -0.3 is 15.7 Å². The third kappa shape index (κ3) is 12.5. The van der Waals surface area contributed by atoms with E-state index < -0.39 is 33.3 Å². The number of nitrogens with one attached hydrogen (secondary N) is 2. The van der Waals surface area contributed by atoms with Crippen LogP contribution >= 0.6 is 0 Å². The molecule has 2 aromatic rings. The average molecular weight is 641 g/mol. The molecule has 3 N–H and O–H groups in total. The van der Waals surface area contributed by atoms with Crippen LogP contribution in [0.2, 0.25) is 0 Å². The number of hydrogen-bond acceptors (Lipinski definition) is 5. The third-order valence-electron chi connectivity index (χ3n) is 9.21. The summed E-state index contributed by atoms with van der Waals surface area (Å²) in [7, 11) is -3.25. The van der Waals surface area contributed by atoms with E-state index in [0.29, 0.717) is 38.0 Å². The van der Waals surface area contributed by atoms with E-state index in [9.17, 15) is 23.1 Å². The Bertz CT molecular complexity index is 1220. The summed E-state index contributed by atoms with van der Waals surface area (Å²) in [6.45, 7) is 7.19. The van der Waals surface area contributed by atoms with Crippen LogP contribution in [0.25, 0.3) is 0 Å². The predicted octanol–water partition coefficient (Wildman–Crippen LogP) is 6.04. The summed E-state index contributed by atoms with van der Waals surface area (Å²) in [5, 5.41) is 17.1. The largest absolute Gasteiger partial charge is 0.391 e. The minimum atomic E-state index is -3.25. The fourth-order valence-electron chi connectivity index (χ4n) is 6.51. The molecule has 0 radical (unpaired) electrons. The molecule has 250 valence electrons. The van der Waals surface area contributed by atoms with E-state index in [1.807, 2.05) is 74.5 Å². The first-order valence-electron chi connectivity index (χ1n) is 17.1. The van der Waals surface area contributed by atoms with Crippen LogP contribution in [0.4, 0.5) is 0 Å². The Balaban J connectivity index is 1.75. The van der Waals surface area contributed by atoms with E-state index >= 15 is 0 Å². The number of amides is 2. The van der Waals surface area contributed by atoms with Crippen LogP contribution in [0.1, 0.15) is 96.6 Å². The van der Waals surface area contributed by atoms with E-state index in [2.05, 4.69) is 10.6 Å². The van der Waals surface area contributed by atoms with Crippen molar-refractivity contribution in [1.29, 1.82) is 0 Å². The molecule has 0 bridgehead atoms. The number of aliphatic hydroxyl groups excluding tert-OH is 1. The molecule has 2 aromatic carbocycles. The van der Waals surface area contributed by atoms with Crippen LogP contribution in [0, 0.1) is 17.8 Å². The van der Waals surface area contributed by atoms with Gasteiger partial charge in [0.05, 0.1) is 23.1 Å². The van der Waals surface area contributed by atoms with Gasteiger partial charge in [-0.15, -0.1) is 0 Å². The zero-order valence-electron chi connectivity index (χ0n) is 27.8. The molecule has 3 rings (SSSR count). The summed E-state index contributed by atoms with van der Waals surface area (Å²) in [4.78, 5) is 27.6. The van der Waals surface area contributed by atoms with E-state index in [1.165, 1.54) is 6.42 Å². The molecule has 1 aliphatic rings. The lowest BCUT2D eigenvalue weighted by Gasteiger charge is -2.32. The Morgan fingerprint density at radius 1 is 0.844 bits per heavy atom. The van der Waals surface area contributed by atoms with Gasteiger partial charge in [0.2, 0.25) is 11.8 Å². The molecular formula is C37H56N2O5S. The van der Waals surface area contributed by atoms with E-state index in [1.54, 1.807) is 13.8 Å². The maximum atomic E-state index is 13.8. The van der Waals surface area contributed by atoms with Crippen molar-refractivity contribution in [2.24, 2.45) is 17.8 Å². The SMILES string of the molecule is CCCC(NC(=O)C(Cc1ccccc1)Cc1ccccc1)C(=O)N[C@@H](CC1CCCCC1)[C@@H](O)C[C@@H](C)CS(=O)(=O)C(C)C. The first-order chi connectivity index (χ1) is 21.5. The van der Waals surface area contributed by atoms with Crippen LogP contribution in [-0.4, -0.2) is 54.5 Å². The molecule has 0 aliphatic heterocycles. The highest BCUT2D eigenvalue weighted by molar-refractivity contribution is 7.91. The highest BCUT2D eigenvalue weighted by Gasteiger charge is 2.32. The fraction of sp³-hybridized carbons (Fsp3) is 0.622. The molecule has 0 heterocycles. The Morgan fingerprint density at radius 3 is 1.91 bits per heavy atom. The minimum Gasteiger partial charge on any atom is -0.391 e. The van der Waals surface area contributed by atoms with Gasteiger partial charge in [0.25, 0.3) is 0 Å². The number of benzene rings is 2. The van der Waals surface area contributed by atoms with Gasteiger partial charge in [-0.2, -0.15) is 0 Å². The molecular weight excluding hydrogens is 584 g/mol. The highest BCUT2D eigenvalue weighted by atomic mass is 32.2. The second-order valence-electron chi connectivity index (χ2n) is 13.6. The summed E-state index contributed by atoms with van der Waals surface area (Å²) >= 11 is 0. The standard InChI is InChI=1S/C37H56N2O5S/c1-5-15-33(38-36(41)32(23-29-16-9-6-10-17-29)24-30-18-11-7-12-19-30)37(42)39-34(25-31-20-13-8-14-21-31)35(40)22-28(4)26-45(43,44)27(2)3/h6-7,9-12,16-19,27-28,31-35,40H,5,8,13-15,20-26H2,1-4H3,(H,38,41)(H,39,42)/t28-,33?,34+,35+/m1/s1. The lowest BCUT2D eigenvalue weighted by atomic mass is 9.82. The Morgan fingerprint density at radius 2 is 1.40 bits per heavy atom. The minimum absolute atomic E-state index is 0.00452. The first-order valence-corrected chi connectivity index (χ1v) is 18.8. The number of carbonyl (C=O) groups excluding carboxylic acids is 2. The van der Waals surface area contributed by atoms with Gasteiger partial charge in [0, 0.05) is 5.92 Å². The summed E-state index contributed by atoms with van der Waals surface area (Å²) in [5.74, 6) is -0.645. The van der Waals surface area contributed by atoms with Gasteiger partial charge in [-0.25, -0.2) is 8.42 Å². The molecule has 4 atom stereocenters. The molecule has 1 saturated carbocycles. The monoisotopic (exact) mass is 640 g/mol. The Kier molecular flexibility index (Phi) is 15.1. The van der Waals surface area contributed by atoms with Crippen molar-refractivity contribution in [3.63, 3.8) is 0 Å². The van der Waals surface area contributed by atoms with E-state index in [-0.39, 0.29) is 35.8 Å². The molecule has 1 aliphatic carbocycles. The predicted molar refractivity (Wildman–Crippen MR) is 182 cm³/mol. The number of hydrogen-bond donors (Lipinski definition) is 3. The van der Waals surface area contributed by atoms with Crippen LogP contribution in [-0.2, 0) is 32.3 Å². The van der Waals surface area contributed by atoms with Gasteiger partial charge in [0.15, 0.2) is 9.84 Å². The molecule has 1 fully saturated rings. The maximum Gasteiger partial charge on any atom is 0.242 e. The summed E-state index contributed by atoms with van der Waals surface area (Å²) in [6, 6.07) is 18.6. The summed E-state index contributed by atoms with van der Waals surface area (Å²) in [5.41, 5.74) is 2.13. The zero-order valence-corrected chi connectivity index (χ0v) is 28.6. The van der Waals surface area contributed by atoms with Crippen molar-refractivity contribution in [3.8, 4) is 0 Å². The van der Waals surface area contributed by atoms with Crippen molar-refractivity contribution >= 4 is 21.7 Å². The molecule has 2 amide bonds. The quantitative estimate of drug-likeness (QED) is 0.184. The Hall–Kier alpha value is -2.71. The number of sulfone groups is 1. The van der Waals surface area contributed by atoms with Crippen molar-refractivity contribution < 1.29 is 23.1 Å². The number of rotatable bonds is 18. The zero-order chi connectivity index (χ0) is 32.8. The van der Waals surface area contributed by atoms with Crippen LogP contribution in [0.15, 0.2) is 60.7 Å². The van der Waals surface area contributed by atoms with Crippen molar-refractivity contribution in [1.82, 2.24) is 10.6 Å². The van der Waals surface area contributed by atoms with Crippen molar-refractivity contribution in [2.45, 2.75) is 122 Å². The average Bonchev–Trinajstić information content (AvgIpc) is 3.01. The molecule has 0 aromatic heterocycles. The topological polar surface area (TPSA) is 113 Å². The smallest absolute Gasteiger partial charge is 0.242 e. The van der Waals surface area contributed by atoms with Crippen molar-refractivity contribution in [3.05, 3.63) is 71.8 Å². The molecule has 0 saturated heterocycles. The summed E-state index contributed by atoms with van der Waals surface area (Å²) in [6.07, 6.45) is 7.97. The first kappa shape index (κ1) is 36.8. The van der Waals surface area contributed by atoms with Gasteiger partial charge in [-0.3, -0.25) is 9.59 Å². The van der Waals surface area contributed by atoms with E-state index in [4.69, 9.17) is 0 Å². The number of carbonyl (C=O) groups is 2. The highest BCUT2D eigenvalue weighted by Crippen LogP contribution is 2.29. The Labute approximate surface area is 271 Å². The van der Waals surface area contributed by atoms with Gasteiger partial charge in [0.1, 0.15) is 6.04 Å². The normalized spacial score (nSPS) is 17.0. The summed E-state index contributed by atoms with van der Waals surface area (Å²) < 4.78 is 25.1. The third-order valence-corrected chi connectivity index (χ3v) is 11.7. The number of aliphatic hydroxyl groups is 1. The molecule has 8 heteroatoms. The van der Waals surface area contributed by atoms with Gasteiger partial charge >= 0.3 is 0 Å². The molecule has 1 unspecified atom stereocenters. The van der Waals surface area contributed by atoms with Crippen LogP contribution in [0.5, 0.6) is 0 Å². The van der Waals surface area contributed by atoms with E-state index in [0.717, 1.165) is 36.8 Å². The molecule has 7 nitrogen and oxygen atoms in total. The lowest BCUT2D eigenvalue weighted by molar-refractivity contribution is -0.132. The second kappa shape index (κ2) is 18.4. The van der Waals surface area contributed by atoms with Gasteiger partial charge in [-0.1, -0.05) is 113 Å². The van der Waals surface area contributed by atoms with Crippen LogP contribution < -0.4 is 10.6 Å². The van der Waals surface area contributed by atoms with Gasteiger partial charge in [-0.05, 0) is 68.9 Å². The van der Waals surface area contributed by atoms with Crippen molar-refractivity contribution in [2.75, 3.05) is 5.75 Å². The lowest BCUT2D eigenvalue weighted by Crippen LogP contribution is -2.54. The fourth-order valence-corrected chi connectivity index (χ4v) is 7.83.